The van der Waals surface area contributed by atoms with Crippen molar-refractivity contribution < 1.29 is 9.53 Å². The topological polar surface area (TPSA) is 43.6 Å². The van der Waals surface area contributed by atoms with Gasteiger partial charge in [-0.1, -0.05) is 44.5 Å². The van der Waals surface area contributed by atoms with Crippen LogP contribution < -0.4 is 0 Å². The zero-order valence-corrected chi connectivity index (χ0v) is 19.0. The van der Waals surface area contributed by atoms with Gasteiger partial charge in [0, 0.05) is 28.9 Å². The number of hydrogen-bond acceptors (Lipinski definition) is 3. The summed E-state index contributed by atoms with van der Waals surface area (Å²) in [4.78, 5) is 16.2. The Morgan fingerprint density at radius 1 is 1.07 bits per heavy atom. The van der Waals surface area contributed by atoms with Crippen LogP contribution in [0.1, 0.15) is 53.6 Å². The molecule has 5 heteroatoms. The molecule has 0 bridgehead atoms. The molecule has 156 valence electrons. The standard InChI is InChI=1S/C25H27ClN2O2/c1-16-13-18(15-27-20-9-12-22(23(26)14-20)24(29)30-6)17(2)28(16)21-10-7-19(8-11-21)25(3,4)5/h7-15H,1-6H3. The minimum absolute atomic E-state index is 0.127. The van der Waals surface area contributed by atoms with Crippen LogP contribution in [0.4, 0.5) is 5.69 Å². The number of hydrogen-bond donors (Lipinski definition) is 0. The fourth-order valence-corrected chi connectivity index (χ4v) is 3.68. The summed E-state index contributed by atoms with van der Waals surface area (Å²) in [5.41, 5.74) is 6.84. The fourth-order valence-electron chi connectivity index (χ4n) is 3.43. The van der Waals surface area contributed by atoms with E-state index in [-0.39, 0.29) is 5.41 Å². The number of carbonyl (C=O) groups excluding carboxylic acids is 1. The van der Waals surface area contributed by atoms with Gasteiger partial charge in [0.1, 0.15) is 0 Å². The first kappa shape index (κ1) is 21.8. The van der Waals surface area contributed by atoms with Crippen molar-refractivity contribution in [1.82, 2.24) is 4.57 Å². The zero-order valence-electron chi connectivity index (χ0n) is 18.3. The molecule has 1 aromatic heterocycles. The molecule has 0 saturated carbocycles. The van der Waals surface area contributed by atoms with Crippen LogP contribution in [0, 0.1) is 13.8 Å². The molecular weight excluding hydrogens is 396 g/mol. The average Bonchev–Trinajstić information content (AvgIpc) is 2.98. The SMILES string of the molecule is COC(=O)c1ccc(N=Cc2cc(C)n(-c3ccc(C(C)(C)C)cc3)c2C)cc1Cl. The lowest BCUT2D eigenvalue weighted by Crippen LogP contribution is -2.11. The number of aliphatic imine (C=N–C) groups is 1. The van der Waals surface area contributed by atoms with Crippen molar-refractivity contribution >= 4 is 29.5 Å². The molecule has 0 aliphatic rings. The molecule has 0 aliphatic heterocycles. The molecule has 0 radical (unpaired) electrons. The van der Waals surface area contributed by atoms with Crippen molar-refractivity contribution in [3.8, 4) is 5.69 Å². The summed E-state index contributed by atoms with van der Waals surface area (Å²) in [5, 5.41) is 0.320. The van der Waals surface area contributed by atoms with Crippen LogP contribution in [-0.2, 0) is 10.2 Å². The highest BCUT2D eigenvalue weighted by atomic mass is 35.5. The number of aromatic nitrogens is 1. The number of nitrogens with zero attached hydrogens (tertiary/aromatic N) is 2. The van der Waals surface area contributed by atoms with Gasteiger partial charge in [0.15, 0.2) is 0 Å². The van der Waals surface area contributed by atoms with E-state index in [1.807, 2.05) is 6.21 Å². The van der Waals surface area contributed by atoms with Crippen LogP contribution in [0.2, 0.25) is 5.02 Å². The highest BCUT2D eigenvalue weighted by Crippen LogP contribution is 2.27. The lowest BCUT2D eigenvalue weighted by atomic mass is 9.87. The van der Waals surface area contributed by atoms with Crippen LogP contribution in [-0.4, -0.2) is 23.9 Å². The summed E-state index contributed by atoms with van der Waals surface area (Å²) in [7, 11) is 1.33. The Labute approximate surface area is 183 Å². The van der Waals surface area contributed by atoms with Crippen LogP contribution in [0.3, 0.4) is 0 Å². The van der Waals surface area contributed by atoms with Gasteiger partial charge in [0.05, 0.1) is 23.4 Å². The lowest BCUT2D eigenvalue weighted by Gasteiger charge is -2.20. The molecule has 0 fully saturated rings. The van der Waals surface area contributed by atoms with Crippen molar-refractivity contribution in [3.05, 3.63) is 81.6 Å². The van der Waals surface area contributed by atoms with E-state index in [1.165, 1.54) is 12.7 Å². The number of methoxy groups -OCH3 is 1. The Morgan fingerprint density at radius 2 is 1.73 bits per heavy atom. The van der Waals surface area contributed by atoms with E-state index in [1.54, 1.807) is 18.2 Å². The molecule has 4 nitrogen and oxygen atoms in total. The monoisotopic (exact) mass is 422 g/mol. The summed E-state index contributed by atoms with van der Waals surface area (Å²) >= 11 is 6.19. The third kappa shape index (κ3) is 4.49. The van der Waals surface area contributed by atoms with E-state index in [2.05, 4.69) is 74.5 Å². The first-order valence-corrected chi connectivity index (χ1v) is 10.2. The van der Waals surface area contributed by atoms with Crippen molar-refractivity contribution in [1.29, 1.82) is 0 Å². The molecule has 1 heterocycles. The van der Waals surface area contributed by atoms with Crippen LogP contribution in [0.15, 0.2) is 53.5 Å². The lowest BCUT2D eigenvalue weighted by molar-refractivity contribution is 0.0601. The van der Waals surface area contributed by atoms with Gasteiger partial charge in [-0.05, 0) is 61.2 Å². The van der Waals surface area contributed by atoms with Gasteiger partial charge in [-0.3, -0.25) is 4.99 Å². The van der Waals surface area contributed by atoms with Gasteiger partial charge < -0.3 is 9.30 Å². The third-order valence-corrected chi connectivity index (χ3v) is 5.49. The van der Waals surface area contributed by atoms with E-state index in [0.29, 0.717) is 16.3 Å². The smallest absolute Gasteiger partial charge is 0.339 e. The molecular formula is C25H27ClN2O2. The average molecular weight is 423 g/mol. The molecule has 30 heavy (non-hydrogen) atoms. The summed E-state index contributed by atoms with van der Waals surface area (Å²) in [6.07, 6.45) is 1.83. The summed E-state index contributed by atoms with van der Waals surface area (Å²) in [5.74, 6) is -0.462. The van der Waals surface area contributed by atoms with E-state index < -0.39 is 5.97 Å². The quantitative estimate of drug-likeness (QED) is 0.352. The number of ether oxygens (including phenoxy) is 1. The molecule has 0 atom stereocenters. The number of carbonyl (C=O) groups is 1. The third-order valence-electron chi connectivity index (χ3n) is 5.17. The van der Waals surface area contributed by atoms with Gasteiger partial charge >= 0.3 is 5.97 Å². The first-order valence-electron chi connectivity index (χ1n) is 9.83. The molecule has 0 spiro atoms. The molecule has 0 N–H and O–H groups in total. The van der Waals surface area contributed by atoms with E-state index in [4.69, 9.17) is 16.3 Å². The van der Waals surface area contributed by atoms with Gasteiger partial charge in [-0.25, -0.2) is 4.79 Å². The second kappa shape index (κ2) is 8.49. The predicted molar refractivity (Wildman–Crippen MR) is 124 cm³/mol. The zero-order chi connectivity index (χ0) is 22.1. The number of rotatable bonds is 4. The normalized spacial score (nSPS) is 11.8. The van der Waals surface area contributed by atoms with E-state index in [0.717, 1.165) is 22.6 Å². The highest BCUT2D eigenvalue weighted by Gasteiger charge is 2.15. The maximum Gasteiger partial charge on any atom is 0.339 e. The minimum atomic E-state index is -0.462. The largest absolute Gasteiger partial charge is 0.465 e. The molecule has 0 aliphatic carbocycles. The number of aryl methyl sites for hydroxylation is 1. The Hall–Kier alpha value is -2.85. The fraction of sp³-hybridized carbons (Fsp3) is 0.280. The number of esters is 1. The maximum atomic E-state index is 11.7. The maximum absolute atomic E-state index is 11.7. The predicted octanol–water partition coefficient (Wildman–Crippen LogP) is 6.58. The van der Waals surface area contributed by atoms with E-state index in [9.17, 15) is 4.79 Å². The van der Waals surface area contributed by atoms with Crippen LogP contribution in [0.5, 0.6) is 0 Å². The van der Waals surface area contributed by atoms with Crippen molar-refractivity contribution in [2.24, 2.45) is 4.99 Å². The van der Waals surface area contributed by atoms with Gasteiger partial charge in [-0.2, -0.15) is 0 Å². The number of benzene rings is 2. The molecule has 3 aromatic rings. The molecule has 0 amide bonds. The Balaban J connectivity index is 1.89. The summed E-state index contributed by atoms with van der Waals surface area (Å²) in [6, 6.07) is 15.8. The summed E-state index contributed by atoms with van der Waals surface area (Å²) < 4.78 is 6.94. The second-order valence-corrected chi connectivity index (χ2v) is 8.78. The van der Waals surface area contributed by atoms with Gasteiger partial charge in [-0.15, -0.1) is 0 Å². The molecule has 0 unspecified atom stereocenters. The van der Waals surface area contributed by atoms with Crippen molar-refractivity contribution in [2.75, 3.05) is 7.11 Å². The van der Waals surface area contributed by atoms with Crippen LogP contribution in [0.25, 0.3) is 5.69 Å². The Morgan fingerprint density at radius 3 is 2.30 bits per heavy atom. The Bertz CT molecular complexity index is 1100. The van der Waals surface area contributed by atoms with Crippen molar-refractivity contribution in [3.63, 3.8) is 0 Å². The summed E-state index contributed by atoms with van der Waals surface area (Å²) in [6.45, 7) is 10.8. The molecule has 3 rings (SSSR count). The minimum Gasteiger partial charge on any atom is -0.465 e. The van der Waals surface area contributed by atoms with E-state index >= 15 is 0 Å². The van der Waals surface area contributed by atoms with Crippen molar-refractivity contribution in [2.45, 2.75) is 40.0 Å². The number of halogens is 1. The first-order chi connectivity index (χ1) is 14.1. The highest BCUT2D eigenvalue weighted by molar-refractivity contribution is 6.33. The molecule has 0 saturated heterocycles. The Kier molecular flexibility index (Phi) is 6.18. The second-order valence-electron chi connectivity index (χ2n) is 8.37. The van der Waals surface area contributed by atoms with Crippen LogP contribution >= 0.6 is 11.6 Å². The van der Waals surface area contributed by atoms with Gasteiger partial charge in [0.2, 0.25) is 0 Å². The van der Waals surface area contributed by atoms with Gasteiger partial charge in [0.25, 0.3) is 0 Å². The molecule has 2 aromatic carbocycles.